The number of halogens is 3. The van der Waals surface area contributed by atoms with Crippen molar-refractivity contribution in [2.45, 2.75) is 19.6 Å². The molecule has 2 nitrogen and oxygen atoms in total. The average Bonchev–Trinajstić information content (AvgIpc) is 2.37. The molecule has 0 saturated heterocycles. The molecule has 1 aliphatic rings. The standard InChI is InChI=1S/C13H15F3N2S/c1-9-6-17-12(19-8-9)18-7-10-2-4-11(5-3-10)13(14,15)16/h2-5,9H,6-8H2,1H3,(H,17,18). The zero-order chi connectivity index (χ0) is 13.9. The molecule has 1 atom stereocenters. The number of hydrogen-bond donors (Lipinski definition) is 1. The van der Waals surface area contributed by atoms with Crippen molar-refractivity contribution in [2.24, 2.45) is 10.9 Å². The Labute approximate surface area is 114 Å². The van der Waals surface area contributed by atoms with Gasteiger partial charge in [-0.1, -0.05) is 30.8 Å². The third-order valence-electron chi connectivity index (χ3n) is 2.78. The molecule has 0 amide bonds. The number of amidine groups is 1. The lowest BCUT2D eigenvalue weighted by atomic mass is 10.1. The molecule has 1 aromatic rings. The first-order valence-corrected chi connectivity index (χ1v) is 7.01. The molecule has 1 aliphatic heterocycles. The summed E-state index contributed by atoms with van der Waals surface area (Å²) in [7, 11) is 0. The van der Waals surface area contributed by atoms with Crippen LogP contribution in [0.3, 0.4) is 0 Å². The van der Waals surface area contributed by atoms with Crippen LogP contribution >= 0.6 is 11.8 Å². The summed E-state index contributed by atoms with van der Waals surface area (Å²) in [6.07, 6.45) is -4.27. The van der Waals surface area contributed by atoms with Gasteiger partial charge in [-0.15, -0.1) is 0 Å². The van der Waals surface area contributed by atoms with Gasteiger partial charge in [0.25, 0.3) is 0 Å². The van der Waals surface area contributed by atoms with Crippen molar-refractivity contribution in [1.29, 1.82) is 0 Å². The molecule has 0 spiro atoms. The second kappa shape index (κ2) is 5.86. The van der Waals surface area contributed by atoms with Crippen molar-refractivity contribution in [1.82, 2.24) is 5.32 Å². The van der Waals surface area contributed by atoms with E-state index in [-0.39, 0.29) is 0 Å². The number of thioether (sulfide) groups is 1. The van der Waals surface area contributed by atoms with E-state index < -0.39 is 11.7 Å². The van der Waals surface area contributed by atoms with Crippen LogP contribution in [0, 0.1) is 5.92 Å². The van der Waals surface area contributed by atoms with E-state index in [4.69, 9.17) is 0 Å². The van der Waals surface area contributed by atoms with E-state index in [0.29, 0.717) is 12.5 Å². The molecule has 1 N–H and O–H groups in total. The number of alkyl halides is 3. The van der Waals surface area contributed by atoms with Gasteiger partial charge in [0.05, 0.1) is 5.56 Å². The molecule has 0 saturated carbocycles. The highest BCUT2D eigenvalue weighted by Gasteiger charge is 2.29. The summed E-state index contributed by atoms with van der Waals surface area (Å²) in [6, 6.07) is 5.20. The van der Waals surface area contributed by atoms with Crippen molar-refractivity contribution >= 4 is 16.9 Å². The Morgan fingerprint density at radius 3 is 2.53 bits per heavy atom. The lowest BCUT2D eigenvalue weighted by molar-refractivity contribution is -0.137. The van der Waals surface area contributed by atoms with Gasteiger partial charge in [-0.3, -0.25) is 4.99 Å². The van der Waals surface area contributed by atoms with Gasteiger partial charge in [0.15, 0.2) is 5.17 Å². The molecule has 0 fully saturated rings. The zero-order valence-electron chi connectivity index (χ0n) is 10.5. The first kappa shape index (κ1) is 14.2. The summed E-state index contributed by atoms with van der Waals surface area (Å²) in [5.41, 5.74) is 0.198. The fourth-order valence-electron chi connectivity index (χ4n) is 1.65. The van der Waals surface area contributed by atoms with Crippen LogP contribution in [0.15, 0.2) is 29.3 Å². The molecule has 2 rings (SSSR count). The van der Waals surface area contributed by atoms with Gasteiger partial charge in [-0.2, -0.15) is 13.2 Å². The highest BCUT2D eigenvalue weighted by atomic mass is 32.2. The topological polar surface area (TPSA) is 24.4 Å². The van der Waals surface area contributed by atoms with Gasteiger partial charge >= 0.3 is 6.18 Å². The lowest BCUT2D eigenvalue weighted by Crippen LogP contribution is -2.25. The summed E-state index contributed by atoms with van der Waals surface area (Å²) in [5, 5.41) is 4.02. The molecule has 104 valence electrons. The van der Waals surface area contributed by atoms with E-state index in [1.54, 1.807) is 11.8 Å². The van der Waals surface area contributed by atoms with Crippen LogP contribution in [0.1, 0.15) is 18.1 Å². The molecular formula is C13H15F3N2S. The molecule has 0 aromatic heterocycles. The average molecular weight is 288 g/mol. The van der Waals surface area contributed by atoms with Gasteiger partial charge in [0.2, 0.25) is 0 Å². The molecule has 0 radical (unpaired) electrons. The van der Waals surface area contributed by atoms with Crippen molar-refractivity contribution in [3.8, 4) is 0 Å². The van der Waals surface area contributed by atoms with Crippen LogP contribution in [-0.2, 0) is 12.7 Å². The molecule has 0 aliphatic carbocycles. The molecule has 1 heterocycles. The maximum Gasteiger partial charge on any atom is 0.416 e. The summed E-state index contributed by atoms with van der Waals surface area (Å²) in [6.45, 7) is 3.45. The van der Waals surface area contributed by atoms with Gasteiger partial charge < -0.3 is 5.32 Å². The van der Waals surface area contributed by atoms with Crippen molar-refractivity contribution < 1.29 is 13.2 Å². The smallest absolute Gasteiger partial charge is 0.361 e. The second-order valence-electron chi connectivity index (χ2n) is 4.61. The van der Waals surface area contributed by atoms with E-state index in [1.165, 1.54) is 12.1 Å². The predicted octanol–water partition coefficient (Wildman–Crippen LogP) is 3.53. The Hall–Kier alpha value is -1.17. The van der Waals surface area contributed by atoms with E-state index in [1.807, 2.05) is 0 Å². The molecule has 1 aromatic carbocycles. The van der Waals surface area contributed by atoms with E-state index in [9.17, 15) is 13.2 Å². The summed E-state index contributed by atoms with van der Waals surface area (Å²) >= 11 is 1.66. The van der Waals surface area contributed by atoms with Crippen molar-refractivity contribution in [3.63, 3.8) is 0 Å². The number of nitrogens with one attached hydrogen (secondary N) is 1. The third kappa shape index (κ3) is 4.16. The third-order valence-corrected chi connectivity index (χ3v) is 4.06. The monoisotopic (exact) mass is 288 g/mol. The quantitative estimate of drug-likeness (QED) is 0.900. The molecule has 19 heavy (non-hydrogen) atoms. The lowest BCUT2D eigenvalue weighted by Gasteiger charge is -2.18. The number of benzene rings is 1. The summed E-state index contributed by atoms with van der Waals surface area (Å²) in [5.74, 6) is 1.61. The van der Waals surface area contributed by atoms with Crippen LogP contribution in [0.4, 0.5) is 13.2 Å². The minimum atomic E-state index is -4.27. The Balaban J connectivity index is 1.90. The van der Waals surface area contributed by atoms with Gasteiger partial charge in [-0.25, -0.2) is 0 Å². The first-order valence-electron chi connectivity index (χ1n) is 6.02. The SMILES string of the molecule is CC1CN=C(NCc2ccc(C(F)(F)F)cc2)SC1. The van der Waals surface area contributed by atoms with Gasteiger partial charge in [0, 0.05) is 18.8 Å². The minimum Gasteiger partial charge on any atom is -0.361 e. The number of hydrogen-bond acceptors (Lipinski definition) is 3. The Morgan fingerprint density at radius 2 is 2.00 bits per heavy atom. The largest absolute Gasteiger partial charge is 0.416 e. The predicted molar refractivity (Wildman–Crippen MR) is 72.2 cm³/mol. The van der Waals surface area contributed by atoms with Gasteiger partial charge in [0.1, 0.15) is 0 Å². The Kier molecular flexibility index (Phi) is 4.39. The fourth-order valence-corrected chi connectivity index (χ4v) is 2.54. The first-order chi connectivity index (χ1) is 8.95. The van der Waals surface area contributed by atoms with Crippen LogP contribution < -0.4 is 5.32 Å². The maximum atomic E-state index is 12.4. The van der Waals surface area contributed by atoms with Crippen molar-refractivity contribution in [2.75, 3.05) is 12.3 Å². The summed E-state index contributed by atoms with van der Waals surface area (Å²) < 4.78 is 37.2. The van der Waals surface area contributed by atoms with Crippen LogP contribution in [-0.4, -0.2) is 17.5 Å². The van der Waals surface area contributed by atoms with Crippen LogP contribution in [0.2, 0.25) is 0 Å². The Bertz CT molecular complexity index is 454. The normalized spacial score (nSPS) is 20.0. The van der Waals surface area contributed by atoms with E-state index >= 15 is 0 Å². The zero-order valence-corrected chi connectivity index (χ0v) is 11.3. The van der Waals surface area contributed by atoms with E-state index in [2.05, 4.69) is 17.2 Å². The minimum absolute atomic E-state index is 0.498. The molecular weight excluding hydrogens is 273 g/mol. The molecule has 0 bridgehead atoms. The number of rotatable bonds is 2. The number of nitrogens with zero attached hydrogens (tertiary/aromatic N) is 1. The van der Waals surface area contributed by atoms with Crippen molar-refractivity contribution in [3.05, 3.63) is 35.4 Å². The molecule has 6 heteroatoms. The van der Waals surface area contributed by atoms with E-state index in [0.717, 1.165) is 35.2 Å². The van der Waals surface area contributed by atoms with Gasteiger partial charge in [-0.05, 0) is 23.6 Å². The number of aliphatic imine (C=N–C) groups is 1. The molecule has 1 unspecified atom stereocenters. The maximum absolute atomic E-state index is 12.4. The fraction of sp³-hybridized carbons (Fsp3) is 0.462. The second-order valence-corrected chi connectivity index (χ2v) is 5.62. The highest BCUT2D eigenvalue weighted by Crippen LogP contribution is 2.29. The summed E-state index contributed by atoms with van der Waals surface area (Å²) in [4.78, 5) is 4.37. The highest BCUT2D eigenvalue weighted by molar-refractivity contribution is 8.13. The Morgan fingerprint density at radius 1 is 1.32 bits per heavy atom. The van der Waals surface area contributed by atoms with Crippen LogP contribution in [0.5, 0.6) is 0 Å². The van der Waals surface area contributed by atoms with Crippen LogP contribution in [0.25, 0.3) is 0 Å².